The number of nitro groups is 1. The summed E-state index contributed by atoms with van der Waals surface area (Å²) in [6.07, 6.45) is 0.762. The van der Waals surface area contributed by atoms with Crippen molar-refractivity contribution in [3.05, 3.63) is 97.5 Å². The first-order valence-electron chi connectivity index (χ1n) is 9.36. The van der Waals surface area contributed by atoms with Crippen molar-refractivity contribution in [2.75, 3.05) is 11.9 Å². The van der Waals surface area contributed by atoms with Gasteiger partial charge in [0.2, 0.25) is 0 Å². The largest absolute Gasteiger partial charge is 0.492 e. The summed E-state index contributed by atoms with van der Waals surface area (Å²) in [6, 6.07) is 19.1. The second kappa shape index (κ2) is 11.0. The molecular formula is C22H17BrClN3O4S. The van der Waals surface area contributed by atoms with Crippen LogP contribution in [0, 0.1) is 10.1 Å². The minimum atomic E-state index is -0.601. The maximum atomic E-state index is 12.5. The third-order valence-corrected chi connectivity index (χ3v) is 5.46. The number of anilines is 1. The lowest BCUT2D eigenvalue weighted by Crippen LogP contribution is -2.34. The summed E-state index contributed by atoms with van der Waals surface area (Å²) in [5.74, 6) is 0.175. The van der Waals surface area contributed by atoms with Gasteiger partial charge in [-0.15, -0.1) is 0 Å². The minimum Gasteiger partial charge on any atom is -0.492 e. The number of halogens is 2. The Balaban J connectivity index is 1.56. The monoisotopic (exact) mass is 533 g/mol. The molecule has 10 heteroatoms. The Labute approximate surface area is 203 Å². The molecule has 0 aliphatic carbocycles. The van der Waals surface area contributed by atoms with Crippen LogP contribution in [0.2, 0.25) is 5.02 Å². The summed E-state index contributed by atoms with van der Waals surface area (Å²) in [6.45, 7) is 0.495. The van der Waals surface area contributed by atoms with Gasteiger partial charge in [-0.05, 0) is 64.0 Å². The molecule has 7 nitrogen and oxygen atoms in total. The summed E-state index contributed by atoms with van der Waals surface area (Å²) in [7, 11) is 0. The predicted octanol–water partition coefficient (Wildman–Crippen LogP) is 5.76. The van der Waals surface area contributed by atoms with Gasteiger partial charge in [-0.3, -0.25) is 20.2 Å². The lowest BCUT2D eigenvalue weighted by atomic mass is 10.2. The summed E-state index contributed by atoms with van der Waals surface area (Å²) in [4.78, 5) is 22.9. The molecule has 3 aromatic carbocycles. The second-order valence-corrected chi connectivity index (χ2v) is 8.23. The van der Waals surface area contributed by atoms with Crippen LogP contribution < -0.4 is 15.4 Å². The van der Waals surface area contributed by atoms with E-state index >= 15 is 0 Å². The van der Waals surface area contributed by atoms with Gasteiger partial charge >= 0.3 is 0 Å². The Morgan fingerprint density at radius 2 is 1.88 bits per heavy atom. The van der Waals surface area contributed by atoms with E-state index in [4.69, 9.17) is 28.6 Å². The van der Waals surface area contributed by atoms with Gasteiger partial charge in [0.25, 0.3) is 11.6 Å². The quantitative estimate of drug-likeness (QED) is 0.227. The van der Waals surface area contributed by atoms with Gasteiger partial charge in [0.1, 0.15) is 10.8 Å². The fourth-order valence-corrected chi connectivity index (χ4v) is 3.64. The average Bonchev–Trinajstić information content (AvgIpc) is 2.76. The lowest BCUT2D eigenvalue weighted by Gasteiger charge is -2.12. The third-order valence-electron chi connectivity index (χ3n) is 4.31. The van der Waals surface area contributed by atoms with Crippen LogP contribution in [0.4, 0.5) is 11.4 Å². The number of nitro benzene ring substituents is 1. The predicted molar refractivity (Wildman–Crippen MR) is 132 cm³/mol. The van der Waals surface area contributed by atoms with Crippen molar-refractivity contribution < 1.29 is 14.5 Å². The molecule has 3 aromatic rings. The first-order valence-corrected chi connectivity index (χ1v) is 10.9. The van der Waals surface area contributed by atoms with Gasteiger partial charge in [0, 0.05) is 23.7 Å². The number of nitrogens with one attached hydrogen (secondary N) is 2. The third kappa shape index (κ3) is 6.49. The summed E-state index contributed by atoms with van der Waals surface area (Å²) < 4.78 is 6.42. The van der Waals surface area contributed by atoms with E-state index in [1.165, 1.54) is 23.8 Å². The van der Waals surface area contributed by atoms with Gasteiger partial charge in [0.05, 0.1) is 16.0 Å². The van der Waals surface area contributed by atoms with Crippen LogP contribution in [0.1, 0.15) is 15.9 Å². The number of amides is 1. The highest BCUT2D eigenvalue weighted by Crippen LogP contribution is 2.28. The molecule has 0 saturated carbocycles. The Kier molecular flexibility index (Phi) is 8.15. The van der Waals surface area contributed by atoms with Crippen LogP contribution in [0.25, 0.3) is 0 Å². The molecule has 1 amide bonds. The summed E-state index contributed by atoms with van der Waals surface area (Å²) in [5.41, 5.74) is 1.59. The van der Waals surface area contributed by atoms with Crippen molar-refractivity contribution in [2.24, 2.45) is 0 Å². The van der Waals surface area contributed by atoms with Gasteiger partial charge in [-0.25, -0.2) is 0 Å². The van der Waals surface area contributed by atoms with Crippen LogP contribution in [0.5, 0.6) is 5.75 Å². The van der Waals surface area contributed by atoms with Crippen molar-refractivity contribution in [1.29, 1.82) is 0 Å². The molecule has 0 saturated heterocycles. The maximum absolute atomic E-state index is 12.5. The van der Waals surface area contributed by atoms with E-state index < -0.39 is 10.8 Å². The van der Waals surface area contributed by atoms with Crippen LogP contribution in [-0.2, 0) is 6.42 Å². The molecule has 0 aliphatic rings. The molecule has 0 bridgehead atoms. The smallest absolute Gasteiger partial charge is 0.289 e. The zero-order valence-corrected chi connectivity index (χ0v) is 19.7. The SMILES string of the molecule is O=C(NC(=S)Nc1ccc(Cl)c([N+](=O)[O-])c1)c1ccc(OCCc2ccccc2)c(Br)c1. The zero-order valence-electron chi connectivity index (χ0n) is 16.5. The van der Waals surface area contributed by atoms with Crippen molar-refractivity contribution in [2.45, 2.75) is 6.42 Å². The fraction of sp³-hybridized carbons (Fsp3) is 0.0909. The van der Waals surface area contributed by atoms with Crippen LogP contribution in [0.3, 0.4) is 0 Å². The zero-order chi connectivity index (χ0) is 23.1. The molecule has 3 rings (SSSR count). The Morgan fingerprint density at radius 1 is 1.12 bits per heavy atom. The molecular weight excluding hydrogens is 518 g/mol. The molecule has 0 radical (unpaired) electrons. The molecule has 0 fully saturated rings. The fourth-order valence-electron chi connectivity index (χ4n) is 2.75. The van der Waals surface area contributed by atoms with Gasteiger partial charge in [-0.1, -0.05) is 41.9 Å². The number of rotatable bonds is 7. The topological polar surface area (TPSA) is 93.5 Å². The molecule has 32 heavy (non-hydrogen) atoms. The van der Waals surface area contributed by atoms with Crippen LogP contribution in [0.15, 0.2) is 71.2 Å². The maximum Gasteiger partial charge on any atom is 0.289 e. The molecule has 0 atom stereocenters. The molecule has 0 aromatic heterocycles. The molecule has 0 aliphatic heterocycles. The van der Waals surface area contributed by atoms with Crippen LogP contribution >= 0.6 is 39.7 Å². The standard InChI is InChI=1S/C22H17BrClN3O4S/c23-17-12-15(6-9-20(17)31-11-10-14-4-2-1-3-5-14)21(28)26-22(32)25-16-7-8-18(24)19(13-16)27(29)30/h1-9,12-13H,10-11H2,(H2,25,26,28,32). The minimum absolute atomic E-state index is 0.00595. The van der Waals surface area contributed by atoms with Crippen molar-refractivity contribution >= 4 is 62.1 Å². The molecule has 0 heterocycles. The molecule has 164 valence electrons. The number of carbonyl (C=O) groups is 1. The lowest BCUT2D eigenvalue weighted by molar-refractivity contribution is -0.384. The van der Waals surface area contributed by atoms with E-state index in [2.05, 4.69) is 26.6 Å². The highest BCUT2D eigenvalue weighted by molar-refractivity contribution is 9.10. The number of benzene rings is 3. The highest BCUT2D eigenvalue weighted by Gasteiger charge is 2.15. The first kappa shape index (κ1) is 23.6. The van der Waals surface area contributed by atoms with E-state index in [0.717, 1.165) is 6.42 Å². The van der Waals surface area contributed by atoms with E-state index in [9.17, 15) is 14.9 Å². The second-order valence-electron chi connectivity index (χ2n) is 6.56. The normalized spacial score (nSPS) is 10.3. The Bertz CT molecular complexity index is 1160. The number of hydrogen-bond donors (Lipinski definition) is 2. The molecule has 0 unspecified atom stereocenters. The van der Waals surface area contributed by atoms with Gasteiger partial charge in [0.15, 0.2) is 5.11 Å². The highest BCUT2D eigenvalue weighted by atomic mass is 79.9. The number of hydrogen-bond acceptors (Lipinski definition) is 5. The van der Waals surface area contributed by atoms with Crippen molar-refractivity contribution in [1.82, 2.24) is 5.32 Å². The van der Waals surface area contributed by atoms with E-state index in [1.54, 1.807) is 18.2 Å². The summed E-state index contributed by atoms with van der Waals surface area (Å²) >= 11 is 14.4. The Hall–Kier alpha value is -3.01. The van der Waals surface area contributed by atoms with Gasteiger partial charge in [-0.2, -0.15) is 0 Å². The number of nitrogens with zero attached hydrogens (tertiary/aromatic N) is 1. The van der Waals surface area contributed by atoms with Gasteiger partial charge < -0.3 is 10.1 Å². The molecule has 0 spiro atoms. The summed E-state index contributed by atoms with van der Waals surface area (Å²) in [5, 5.41) is 16.3. The van der Waals surface area contributed by atoms with Crippen molar-refractivity contribution in [3.8, 4) is 5.75 Å². The van der Waals surface area contributed by atoms with Crippen molar-refractivity contribution in [3.63, 3.8) is 0 Å². The average molecular weight is 535 g/mol. The number of thiocarbonyl (C=S) groups is 1. The number of carbonyl (C=O) groups excluding carboxylic acids is 1. The number of ether oxygens (including phenoxy) is 1. The van der Waals surface area contributed by atoms with E-state index in [-0.39, 0.29) is 15.8 Å². The van der Waals surface area contributed by atoms with E-state index in [0.29, 0.717) is 28.1 Å². The van der Waals surface area contributed by atoms with Crippen LogP contribution in [-0.4, -0.2) is 22.5 Å². The van der Waals surface area contributed by atoms with E-state index in [1.807, 2.05) is 30.3 Å². The Morgan fingerprint density at radius 3 is 2.56 bits per heavy atom. The first-order chi connectivity index (χ1) is 15.3. The molecule has 2 N–H and O–H groups in total.